The molecule has 0 spiro atoms. The number of carbonyl (C=O) groups excluding carboxylic acids is 1. The fraction of sp³-hybridized carbons (Fsp3) is 0.706. The number of aryl methyl sites for hydroxylation is 2. The van der Waals surface area contributed by atoms with E-state index in [-0.39, 0.29) is 24.4 Å². The highest BCUT2D eigenvalue weighted by Gasteiger charge is 2.23. The Morgan fingerprint density at radius 3 is 2.91 bits per heavy atom. The van der Waals surface area contributed by atoms with E-state index in [1.807, 2.05) is 0 Å². The number of carbonyl (C=O) groups is 1. The van der Waals surface area contributed by atoms with Gasteiger partial charge in [-0.05, 0) is 76.1 Å². The molecule has 22 heavy (non-hydrogen) atoms. The Morgan fingerprint density at radius 1 is 1.32 bits per heavy atom. The van der Waals surface area contributed by atoms with Gasteiger partial charge < -0.3 is 10.6 Å². The highest BCUT2D eigenvalue weighted by molar-refractivity contribution is 7.14. The molecule has 1 aromatic heterocycles. The third kappa shape index (κ3) is 4.24. The van der Waals surface area contributed by atoms with E-state index >= 15 is 0 Å². The van der Waals surface area contributed by atoms with Crippen LogP contribution in [0.2, 0.25) is 0 Å². The van der Waals surface area contributed by atoms with Gasteiger partial charge in [0.1, 0.15) is 0 Å². The molecule has 0 saturated carbocycles. The Bertz CT molecular complexity index is 473. The van der Waals surface area contributed by atoms with Crippen molar-refractivity contribution >= 4 is 29.7 Å². The maximum atomic E-state index is 12.5. The second-order valence-corrected chi connectivity index (χ2v) is 7.63. The average Bonchev–Trinajstić information content (AvgIpc) is 2.79. The normalized spacial score (nSPS) is 22.9. The summed E-state index contributed by atoms with van der Waals surface area (Å²) in [5.41, 5.74) is 1.43. The number of piperidine rings is 1. The predicted octanol–water partition coefficient (Wildman–Crippen LogP) is 3.56. The molecule has 124 valence electrons. The number of halogens is 1. The molecule has 1 fully saturated rings. The molecular weight excluding hydrogens is 316 g/mol. The standard InChI is InChI=1S/C17H26N2OS.ClH/c1-12(14-7-5-9-18-11-14)19-17(20)16-10-13-6-3-2-4-8-15(13)21-16;/h10,12,14,18H,2-9,11H2,1H3,(H,19,20);1H. The summed E-state index contributed by atoms with van der Waals surface area (Å²) in [7, 11) is 0. The third-order valence-electron chi connectivity index (χ3n) is 4.87. The molecule has 5 heteroatoms. The van der Waals surface area contributed by atoms with Crippen LogP contribution in [-0.2, 0) is 12.8 Å². The van der Waals surface area contributed by atoms with Gasteiger partial charge in [0, 0.05) is 10.9 Å². The summed E-state index contributed by atoms with van der Waals surface area (Å²) < 4.78 is 0. The lowest BCUT2D eigenvalue weighted by Gasteiger charge is -2.28. The molecule has 1 saturated heterocycles. The molecule has 2 N–H and O–H groups in total. The highest BCUT2D eigenvalue weighted by Crippen LogP contribution is 2.29. The quantitative estimate of drug-likeness (QED) is 0.825. The molecule has 2 aliphatic rings. The van der Waals surface area contributed by atoms with Crippen LogP contribution < -0.4 is 10.6 Å². The number of rotatable bonds is 3. The van der Waals surface area contributed by atoms with E-state index < -0.39 is 0 Å². The first-order chi connectivity index (χ1) is 10.2. The molecule has 2 atom stereocenters. The lowest BCUT2D eigenvalue weighted by molar-refractivity contribution is 0.0926. The van der Waals surface area contributed by atoms with E-state index in [9.17, 15) is 4.79 Å². The Kier molecular flexibility index (Phi) is 6.72. The molecular formula is C17H27ClN2OS. The second-order valence-electron chi connectivity index (χ2n) is 6.49. The van der Waals surface area contributed by atoms with E-state index in [2.05, 4.69) is 23.6 Å². The Morgan fingerprint density at radius 2 is 2.14 bits per heavy atom. The molecule has 2 unspecified atom stereocenters. The zero-order chi connectivity index (χ0) is 14.7. The van der Waals surface area contributed by atoms with Crippen LogP contribution in [0.1, 0.15) is 59.1 Å². The predicted molar refractivity (Wildman–Crippen MR) is 95.3 cm³/mol. The van der Waals surface area contributed by atoms with Gasteiger partial charge in [-0.3, -0.25) is 4.79 Å². The van der Waals surface area contributed by atoms with Crippen molar-refractivity contribution in [3.8, 4) is 0 Å². The number of fused-ring (bicyclic) bond motifs is 1. The minimum atomic E-state index is 0. The van der Waals surface area contributed by atoms with Gasteiger partial charge in [-0.15, -0.1) is 23.7 Å². The largest absolute Gasteiger partial charge is 0.349 e. The summed E-state index contributed by atoms with van der Waals surface area (Å²) in [6.45, 7) is 4.30. The maximum Gasteiger partial charge on any atom is 0.261 e. The van der Waals surface area contributed by atoms with Gasteiger partial charge in [-0.25, -0.2) is 0 Å². The van der Waals surface area contributed by atoms with Crippen molar-refractivity contribution < 1.29 is 4.79 Å². The zero-order valence-electron chi connectivity index (χ0n) is 13.3. The Hall–Kier alpha value is -0.580. The number of nitrogens with one attached hydrogen (secondary N) is 2. The number of hydrogen-bond acceptors (Lipinski definition) is 3. The third-order valence-corrected chi connectivity index (χ3v) is 6.11. The van der Waals surface area contributed by atoms with E-state index in [0.29, 0.717) is 5.92 Å². The maximum absolute atomic E-state index is 12.5. The van der Waals surface area contributed by atoms with Crippen LogP contribution in [0.5, 0.6) is 0 Å². The van der Waals surface area contributed by atoms with Crippen molar-refractivity contribution in [3.63, 3.8) is 0 Å². The molecule has 1 amide bonds. The molecule has 3 nitrogen and oxygen atoms in total. The molecule has 0 aromatic carbocycles. The summed E-state index contributed by atoms with van der Waals surface area (Å²) >= 11 is 1.72. The van der Waals surface area contributed by atoms with Gasteiger partial charge in [0.15, 0.2) is 0 Å². The van der Waals surface area contributed by atoms with E-state index in [1.165, 1.54) is 42.5 Å². The van der Waals surface area contributed by atoms with Gasteiger partial charge in [0.25, 0.3) is 5.91 Å². The Labute approximate surface area is 143 Å². The first-order valence-corrected chi connectivity index (χ1v) is 9.19. The fourth-order valence-corrected chi connectivity index (χ4v) is 4.64. The van der Waals surface area contributed by atoms with Crippen molar-refractivity contribution in [1.29, 1.82) is 0 Å². The molecule has 1 aliphatic heterocycles. The molecule has 0 bridgehead atoms. The van der Waals surface area contributed by atoms with Crippen LogP contribution in [0, 0.1) is 5.92 Å². The zero-order valence-corrected chi connectivity index (χ0v) is 15.0. The topological polar surface area (TPSA) is 41.1 Å². The van der Waals surface area contributed by atoms with Crippen LogP contribution in [0.4, 0.5) is 0 Å². The van der Waals surface area contributed by atoms with E-state index in [4.69, 9.17) is 0 Å². The first-order valence-electron chi connectivity index (χ1n) is 8.37. The van der Waals surface area contributed by atoms with Crippen molar-refractivity contribution in [2.24, 2.45) is 5.92 Å². The summed E-state index contributed by atoms with van der Waals surface area (Å²) in [5, 5.41) is 6.65. The Balaban J connectivity index is 0.00000176. The molecule has 0 radical (unpaired) electrons. The number of hydrogen-bond donors (Lipinski definition) is 2. The van der Waals surface area contributed by atoms with Crippen molar-refractivity contribution in [3.05, 3.63) is 21.4 Å². The lowest BCUT2D eigenvalue weighted by Crippen LogP contribution is -2.44. The monoisotopic (exact) mass is 342 g/mol. The summed E-state index contributed by atoms with van der Waals surface area (Å²) in [5.74, 6) is 0.701. The van der Waals surface area contributed by atoms with Crippen LogP contribution >= 0.6 is 23.7 Å². The smallest absolute Gasteiger partial charge is 0.261 e. The SMILES string of the molecule is CC(NC(=O)c1cc2c(s1)CCCCC2)C1CCCNC1.Cl. The van der Waals surface area contributed by atoms with Gasteiger partial charge in [0.2, 0.25) is 0 Å². The van der Waals surface area contributed by atoms with E-state index in [1.54, 1.807) is 11.3 Å². The summed E-state index contributed by atoms with van der Waals surface area (Å²) in [4.78, 5) is 14.8. The average molecular weight is 343 g/mol. The van der Waals surface area contributed by atoms with Gasteiger partial charge in [-0.1, -0.05) is 6.42 Å². The summed E-state index contributed by atoms with van der Waals surface area (Å²) in [6, 6.07) is 2.40. The fourth-order valence-electron chi connectivity index (χ4n) is 3.48. The van der Waals surface area contributed by atoms with Gasteiger partial charge >= 0.3 is 0 Å². The van der Waals surface area contributed by atoms with E-state index in [0.717, 1.165) is 30.8 Å². The van der Waals surface area contributed by atoms with Crippen LogP contribution in [0.3, 0.4) is 0 Å². The molecule has 1 aromatic rings. The number of thiophene rings is 1. The minimum absolute atomic E-state index is 0. The number of amides is 1. The molecule has 2 heterocycles. The van der Waals surface area contributed by atoms with Crippen LogP contribution in [0.15, 0.2) is 6.07 Å². The highest BCUT2D eigenvalue weighted by atomic mass is 35.5. The van der Waals surface area contributed by atoms with Crippen LogP contribution in [0.25, 0.3) is 0 Å². The second kappa shape index (κ2) is 8.32. The molecule has 1 aliphatic carbocycles. The van der Waals surface area contributed by atoms with Gasteiger partial charge in [0.05, 0.1) is 4.88 Å². The van der Waals surface area contributed by atoms with Crippen molar-refractivity contribution in [2.75, 3.05) is 13.1 Å². The minimum Gasteiger partial charge on any atom is -0.349 e. The summed E-state index contributed by atoms with van der Waals surface area (Å²) in [6.07, 6.45) is 8.63. The van der Waals surface area contributed by atoms with Crippen molar-refractivity contribution in [2.45, 2.75) is 57.9 Å². The first kappa shape index (κ1) is 17.8. The van der Waals surface area contributed by atoms with Crippen LogP contribution in [-0.4, -0.2) is 25.0 Å². The molecule has 3 rings (SSSR count). The van der Waals surface area contributed by atoms with Crippen molar-refractivity contribution in [1.82, 2.24) is 10.6 Å². The van der Waals surface area contributed by atoms with Gasteiger partial charge in [-0.2, -0.15) is 0 Å². The lowest BCUT2D eigenvalue weighted by atomic mass is 9.93.